The van der Waals surface area contributed by atoms with Gasteiger partial charge in [0.2, 0.25) is 0 Å². The van der Waals surface area contributed by atoms with E-state index in [1.807, 2.05) is 61.5 Å². The lowest BCUT2D eigenvalue weighted by Crippen LogP contribution is -1.96. The first-order chi connectivity index (χ1) is 10.1. The number of aliphatic hydroxyl groups excluding tert-OH is 1. The third-order valence-electron chi connectivity index (χ3n) is 3.41. The van der Waals surface area contributed by atoms with Gasteiger partial charge in [0.05, 0.1) is 6.10 Å². The second-order valence-corrected chi connectivity index (χ2v) is 5.10. The van der Waals surface area contributed by atoms with Gasteiger partial charge in [-0.25, -0.2) is 4.98 Å². The van der Waals surface area contributed by atoms with Crippen LogP contribution in [-0.2, 0) is 0 Å². The summed E-state index contributed by atoms with van der Waals surface area (Å²) < 4.78 is 6.02. The third-order valence-corrected chi connectivity index (χ3v) is 3.41. The molecule has 0 saturated carbocycles. The number of nitrogens with zero attached hydrogens (tertiary/aromatic N) is 1. The second-order valence-electron chi connectivity index (χ2n) is 5.10. The van der Waals surface area contributed by atoms with Crippen molar-refractivity contribution in [1.29, 1.82) is 0 Å². The number of pyridine rings is 1. The molecule has 106 valence electrons. The molecule has 0 amide bonds. The van der Waals surface area contributed by atoms with Gasteiger partial charge in [0.1, 0.15) is 11.3 Å². The van der Waals surface area contributed by atoms with E-state index >= 15 is 0 Å². The average molecular weight is 279 g/mol. The van der Waals surface area contributed by atoms with Gasteiger partial charge in [0.15, 0.2) is 5.75 Å². The highest BCUT2D eigenvalue weighted by atomic mass is 16.5. The number of para-hydroxylation sites is 2. The number of fused-ring (bicyclic) bond motifs is 1. The summed E-state index contributed by atoms with van der Waals surface area (Å²) in [7, 11) is 0. The van der Waals surface area contributed by atoms with E-state index < -0.39 is 6.10 Å². The van der Waals surface area contributed by atoms with Crippen LogP contribution in [0.25, 0.3) is 10.9 Å². The minimum atomic E-state index is -0.578. The fourth-order valence-electron chi connectivity index (χ4n) is 2.34. The summed E-state index contributed by atoms with van der Waals surface area (Å²) in [4.78, 5) is 4.56. The van der Waals surface area contributed by atoms with E-state index in [9.17, 15) is 5.11 Å². The van der Waals surface area contributed by atoms with Crippen LogP contribution in [0.1, 0.15) is 24.3 Å². The van der Waals surface area contributed by atoms with Crippen molar-refractivity contribution in [2.45, 2.75) is 20.0 Å². The van der Waals surface area contributed by atoms with Crippen LogP contribution >= 0.6 is 0 Å². The Morgan fingerprint density at radius 1 is 0.952 bits per heavy atom. The maximum atomic E-state index is 9.84. The Balaban J connectivity index is 2.08. The molecule has 1 aromatic heterocycles. The summed E-state index contributed by atoms with van der Waals surface area (Å²) in [6.45, 7) is 3.69. The molecule has 3 aromatic rings. The number of ether oxygens (including phenoxy) is 1. The zero-order valence-electron chi connectivity index (χ0n) is 12.1. The van der Waals surface area contributed by atoms with Crippen molar-refractivity contribution in [3.63, 3.8) is 0 Å². The number of rotatable bonds is 3. The number of benzene rings is 2. The Labute approximate surface area is 123 Å². The molecule has 1 heterocycles. The van der Waals surface area contributed by atoms with Crippen LogP contribution in [0, 0.1) is 6.92 Å². The first kappa shape index (κ1) is 13.6. The second kappa shape index (κ2) is 5.54. The van der Waals surface area contributed by atoms with Crippen molar-refractivity contribution in [2.75, 3.05) is 0 Å². The topological polar surface area (TPSA) is 42.4 Å². The summed E-state index contributed by atoms with van der Waals surface area (Å²) in [5.74, 6) is 1.35. The van der Waals surface area contributed by atoms with Crippen LogP contribution in [0.5, 0.6) is 11.5 Å². The minimum Gasteiger partial charge on any atom is -0.455 e. The Hall–Kier alpha value is -2.39. The van der Waals surface area contributed by atoms with Gasteiger partial charge < -0.3 is 9.84 Å². The summed E-state index contributed by atoms with van der Waals surface area (Å²) >= 11 is 0. The predicted octanol–water partition coefficient (Wildman–Crippen LogP) is 4.39. The monoisotopic (exact) mass is 279 g/mol. The van der Waals surface area contributed by atoms with E-state index in [2.05, 4.69) is 4.98 Å². The summed E-state index contributed by atoms with van der Waals surface area (Å²) in [6.07, 6.45) is -0.578. The van der Waals surface area contributed by atoms with E-state index in [4.69, 9.17) is 4.74 Å². The Morgan fingerprint density at radius 3 is 2.52 bits per heavy atom. The van der Waals surface area contributed by atoms with Crippen LogP contribution in [0.4, 0.5) is 0 Å². The fraction of sp³-hybridized carbons (Fsp3) is 0.167. The standard InChI is InChI=1S/C18H17NO2/c1-12-10-11-14-6-5-9-17(18(14)19-12)21-16-8-4-3-7-15(16)13(2)20/h3-11,13,20H,1-2H3/t13-/m0/s1. The first-order valence-corrected chi connectivity index (χ1v) is 6.96. The minimum absolute atomic E-state index is 0.578. The molecule has 3 heteroatoms. The van der Waals surface area contributed by atoms with Crippen LogP contribution in [-0.4, -0.2) is 10.1 Å². The zero-order valence-corrected chi connectivity index (χ0v) is 12.1. The molecule has 0 unspecified atom stereocenters. The average Bonchev–Trinajstić information content (AvgIpc) is 2.48. The summed E-state index contributed by atoms with van der Waals surface area (Å²) in [5.41, 5.74) is 2.54. The molecule has 0 fully saturated rings. The molecule has 0 spiro atoms. The molecule has 2 aromatic carbocycles. The lowest BCUT2D eigenvalue weighted by atomic mass is 10.1. The smallest absolute Gasteiger partial charge is 0.153 e. The molecular weight excluding hydrogens is 262 g/mol. The quantitative estimate of drug-likeness (QED) is 0.773. The molecule has 0 saturated heterocycles. The van der Waals surface area contributed by atoms with Crippen molar-refractivity contribution in [2.24, 2.45) is 0 Å². The zero-order chi connectivity index (χ0) is 14.8. The van der Waals surface area contributed by atoms with Crippen molar-refractivity contribution < 1.29 is 9.84 Å². The highest BCUT2D eigenvalue weighted by molar-refractivity contribution is 5.84. The molecule has 0 aliphatic carbocycles. The molecular formula is C18H17NO2. The normalized spacial score (nSPS) is 12.3. The lowest BCUT2D eigenvalue weighted by molar-refractivity contribution is 0.195. The lowest BCUT2D eigenvalue weighted by Gasteiger charge is -2.14. The van der Waals surface area contributed by atoms with Gasteiger partial charge in [-0.3, -0.25) is 0 Å². The molecule has 1 atom stereocenters. The largest absolute Gasteiger partial charge is 0.455 e. The van der Waals surface area contributed by atoms with E-state index in [1.165, 1.54) is 0 Å². The fourth-order valence-corrected chi connectivity index (χ4v) is 2.34. The molecule has 3 nitrogen and oxygen atoms in total. The van der Waals surface area contributed by atoms with Crippen LogP contribution in [0.2, 0.25) is 0 Å². The van der Waals surface area contributed by atoms with Gasteiger partial charge >= 0.3 is 0 Å². The molecule has 3 rings (SSSR count). The van der Waals surface area contributed by atoms with Gasteiger partial charge in [-0.1, -0.05) is 36.4 Å². The van der Waals surface area contributed by atoms with Crippen molar-refractivity contribution >= 4 is 10.9 Å². The van der Waals surface area contributed by atoms with Crippen LogP contribution in [0.15, 0.2) is 54.6 Å². The summed E-state index contributed by atoms with van der Waals surface area (Å²) in [6, 6.07) is 17.4. The van der Waals surface area contributed by atoms with Crippen molar-refractivity contribution in [3.05, 3.63) is 65.9 Å². The molecule has 1 N–H and O–H groups in total. The maximum absolute atomic E-state index is 9.84. The Kier molecular flexibility index (Phi) is 3.59. The van der Waals surface area contributed by atoms with Gasteiger partial charge in [-0.15, -0.1) is 0 Å². The number of hydrogen-bond acceptors (Lipinski definition) is 3. The molecule has 0 radical (unpaired) electrons. The molecule has 21 heavy (non-hydrogen) atoms. The number of aliphatic hydroxyl groups is 1. The number of aromatic nitrogens is 1. The van der Waals surface area contributed by atoms with Gasteiger partial charge in [0, 0.05) is 16.6 Å². The molecule has 0 bridgehead atoms. The Bertz CT molecular complexity index is 781. The van der Waals surface area contributed by atoms with Gasteiger partial charge in [-0.2, -0.15) is 0 Å². The predicted molar refractivity (Wildman–Crippen MR) is 83.6 cm³/mol. The van der Waals surface area contributed by atoms with Crippen LogP contribution in [0.3, 0.4) is 0 Å². The first-order valence-electron chi connectivity index (χ1n) is 6.96. The van der Waals surface area contributed by atoms with Gasteiger partial charge in [0.25, 0.3) is 0 Å². The van der Waals surface area contributed by atoms with Crippen molar-refractivity contribution in [1.82, 2.24) is 4.98 Å². The van der Waals surface area contributed by atoms with Crippen LogP contribution < -0.4 is 4.74 Å². The Morgan fingerprint density at radius 2 is 1.71 bits per heavy atom. The van der Waals surface area contributed by atoms with E-state index in [0.29, 0.717) is 11.5 Å². The highest BCUT2D eigenvalue weighted by Gasteiger charge is 2.11. The molecule has 0 aliphatic heterocycles. The highest BCUT2D eigenvalue weighted by Crippen LogP contribution is 2.32. The SMILES string of the molecule is Cc1ccc2cccc(Oc3ccccc3[C@H](C)O)c2n1. The van der Waals surface area contributed by atoms with E-state index in [0.717, 1.165) is 22.2 Å². The summed E-state index contributed by atoms with van der Waals surface area (Å²) in [5, 5.41) is 10.9. The van der Waals surface area contributed by atoms with E-state index in [-0.39, 0.29) is 0 Å². The number of hydrogen-bond donors (Lipinski definition) is 1. The molecule has 0 aliphatic rings. The maximum Gasteiger partial charge on any atom is 0.153 e. The van der Waals surface area contributed by atoms with Gasteiger partial charge in [-0.05, 0) is 32.0 Å². The number of aryl methyl sites for hydroxylation is 1. The van der Waals surface area contributed by atoms with E-state index in [1.54, 1.807) is 6.92 Å². The third kappa shape index (κ3) is 2.73. The van der Waals surface area contributed by atoms with Crippen molar-refractivity contribution in [3.8, 4) is 11.5 Å².